The lowest BCUT2D eigenvalue weighted by Crippen LogP contribution is -2.63. The van der Waals surface area contributed by atoms with Gasteiger partial charge in [0.1, 0.15) is 34.5 Å². The fraction of sp³-hybridized carbons (Fsp3) is 0.0164. The van der Waals surface area contributed by atoms with Crippen molar-refractivity contribution >= 4 is 91.7 Å². The molecule has 69 heavy (non-hydrogen) atoms. The first-order chi connectivity index (χ1) is 34.1. The van der Waals surface area contributed by atoms with Crippen LogP contribution in [-0.4, -0.2) is 20.5 Å². The first kappa shape index (κ1) is 40.4. The lowest BCUT2D eigenvalue weighted by Gasteiger charge is -2.43. The molecular formula is C61H43B2N3O3. The van der Waals surface area contributed by atoms with Crippen molar-refractivity contribution in [2.24, 2.45) is 0 Å². The molecule has 0 N–H and O–H groups in total. The average Bonchev–Trinajstić information content (AvgIpc) is 3.40. The third-order valence-electron chi connectivity index (χ3n) is 13.6. The summed E-state index contributed by atoms with van der Waals surface area (Å²) in [4.78, 5) is 7.15. The van der Waals surface area contributed by atoms with E-state index in [9.17, 15) is 0 Å². The zero-order chi connectivity index (χ0) is 45.8. The van der Waals surface area contributed by atoms with Crippen LogP contribution in [0.25, 0.3) is 0 Å². The quantitative estimate of drug-likeness (QED) is 0.134. The van der Waals surface area contributed by atoms with E-state index >= 15 is 0 Å². The van der Waals surface area contributed by atoms with Crippen molar-refractivity contribution in [3.05, 3.63) is 243 Å². The summed E-state index contributed by atoms with van der Waals surface area (Å²) in [6.45, 7) is -0.335. The maximum atomic E-state index is 6.93. The molecule has 0 atom stereocenters. The number of benzene rings is 10. The van der Waals surface area contributed by atoms with E-state index in [1.54, 1.807) is 0 Å². The van der Waals surface area contributed by atoms with E-state index in [0.717, 1.165) is 85.2 Å². The summed E-state index contributed by atoms with van der Waals surface area (Å²) in [6.07, 6.45) is 0. The van der Waals surface area contributed by atoms with Gasteiger partial charge in [-0.05, 0) is 118 Å². The Morgan fingerprint density at radius 1 is 0.362 bits per heavy atom. The number of nitrogens with zero attached hydrogens (tertiary/aromatic N) is 3. The summed E-state index contributed by atoms with van der Waals surface area (Å²) in [5, 5.41) is 0. The lowest BCUT2D eigenvalue weighted by atomic mass is 9.31. The van der Waals surface area contributed by atoms with Crippen molar-refractivity contribution in [3.8, 4) is 34.5 Å². The molecule has 326 valence electrons. The second kappa shape index (κ2) is 16.8. The van der Waals surface area contributed by atoms with E-state index in [0.29, 0.717) is 5.75 Å². The smallest absolute Gasteiger partial charge is 0.256 e. The largest absolute Gasteiger partial charge is 0.458 e. The number of rotatable bonds is 9. The molecule has 0 saturated carbocycles. The highest BCUT2D eigenvalue weighted by Gasteiger charge is 2.45. The van der Waals surface area contributed by atoms with Crippen LogP contribution in [0, 0.1) is 0 Å². The average molecular weight is 888 g/mol. The molecule has 0 aliphatic carbocycles. The van der Waals surface area contributed by atoms with E-state index in [1.165, 1.54) is 21.9 Å². The van der Waals surface area contributed by atoms with E-state index in [1.807, 2.05) is 60.7 Å². The SMILES string of the molecule is CN(c1ccccc1)c1ccccc1B1c2ccc(Oc3ccccc3)cc2N(c2ccccc2)c2cc3c(cc21)B1c2ccccc2Oc2cc(Oc4ccccc4)cc(c21)N3c1ccccc1. The minimum Gasteiger partial charge on any atom is -0.458 e. The van der Waals surface area contributed by atoms with Crippen molar-refractivity contribution in [1.29, 1.82) is 0 Å². The Balaban J connectivity index is 1.11. The minimum absolute atomic E-state index is 0.151. The van der Waals surface area contributed by atoms with Gasteiger partial charge in [-0.3, -0.25) is 0 Å². The third kappa shape index (κ3) is 6.99. The fourth-order valence-corrected chi connectivity index (χ4v) is 10.7. The zero-order valence-corrected chi connectivity index (χ0v) is 37.8. The van der Waals surface area contributed by atoms with Gasteiger partial charge in [0.15, 0.2) is 0 Å². The van der Waals surface area contributed by atoms with Gasteiger partial charge in [0.2, 0.25) is 6.71 Å². The van der Waals surface area contributed by atoms with Crippen molar-refractivity contribution in [2.75, 3.05) is 21.7 Å². The lowest BCUT2D eigenvalue weighted by molar-refractivity contribution is 0.463. The Morgan fingerprint density at radius 2 is 0.870 bits per heavy atom. The van der Waals surface area contributed by atoms with Crippen LogP contribution in [0.15, 0.2) is 243 Å². The van der Waals surface area contributed by atoms with Crippen LogP contribution in [0.1, 0.15) is 0 Å². The molecule has 0 bridgehead atoms. The molecule has 8 heteroatoms. The number of hydrogen-bond acceptors (Lipinski definition) is 6. The van der Waals surface area contributed by atoms with Crippen LogP contribution in [-0.2, 0) is 0 Å². The third-order valence-corrected chi connectivity index (χ3v) is 13.6. The molecule has 13 rings (SSSR count). The summed E-state index contributed by atoms with van der Waals surface area (Å²) in [5.41, 5.74) is 15.5. The van der Waals surface area contributed by atoms with Gasteiger partial charge in [-0.1, -0.05) is 140 Å². The van der Waals surface area contributed by atoms with Crippen LogP contribution in [0.3, 0.4) is 0 Å². The van der Waals surface area contributed by atoms with Crippen molar-refractivity contribution < 1.29 is 14.2 Å². The summed E-state index contributed by atoms with van der Waals surface area (Å²) in [6, 6.07) is 85.2. The number of hydrogen-bond donors (Lipinski definition) is 0. The molecule has 6 nitrogen and oxygen atoms in total. The summed E-state index contributed by atoms with van der Waals surface area (Å²) < 4.78 is 20.2. The zero-order valence-electron chi connectivity index (χ0n) is 37.8. The maximum Gasteiger partial charge on any atom is 0.256 e. The Kier molecular flexibility index (Phi) is 9.83. The second-order valence-corrected chi connectivity index (χ2v) is 17.7. The van der Waals surface area contributed by atoms with E-state index in [2.05, 4.69) is 204 Å². The monoisotopic (exact) mass is 887 g/mol. The summed E-state index contributed by atoms with van der Waals surface area (Å²) in [5.74, 6) is 4.60. The number of para-hydroxylation sites is 7. The van der Waals surface area contributed by atoms with E-state index < -0.39 is 0 Å². The molecule has 3 aliphatic rings. The highest BCUT2D eigenvalue weighted by Crippen LogP contribution is 2.46. The first-order valence-electron chi connectivity index (χ1n) is 23.4. The maximum absolute atomic E-state index is 6.93. The molecule has 10 aromatic carbocycles. The van der Waals surface area contributed by atoms with Gasteiger partial charge in [0.05, 0.1) is 0 Å². The predicted octanol–water partition coefficient (Wildman–Crippen LogP) is 11.7. The van der Waals surface area contributed by atoms with Gasteiger partial charge in [-0.15, -0.1) is 0 Å². The van der Waals surface area contributed by atoms with Gasteiger partial charge in [0.25, 0.3) is 6.71 Å². The van der Waals surface area contributed by atoms with Crippen LogP contribution < -0.4 is 61.7 Å². The van der Waals surface area contributed by atoms with Crippen LogP contribution in [0.4, 0.5) is 45.5 Å². The topological polar surface area (TPSA) is 37.4 Å². The van der Waals surface area contributed by atoms with E-state index in [-0.39, 0.29) is 13.4 Å². The number of ether oxygens (including phenoxy) is 3. The number of anilines is 8. The Labute approximate surface area is 403 Å². The Bertz CT molecular complexity index is 3530. The highest BCUT2D eigenvalue weighted by molar-refractivity contribution is 7.02. The molecule has 0 unspecified atom stereocenters. The van der Waals surface area contributed by atoms with Crippen LogP contribution >= 0.6 is 0 Å². The normalized spacial score (nSPS) is 12.7. The van der Waals surface area contributed by atoms with Crippen LogP contribution in [0.2, 0.25) is 0 Å². The van der Waals surface area contributed by atoms with Gasteiger partial charge in [0, 0.05) is 70.7 Å². The standard InChI is InChI=1S/C61H43B2N3O3/c1-64(42-21-7-2-8-22-42)54-33-19-17-31-49(54)62-50-36-35-47(67-45-27-13-5-14-28-45)37-55(50)65(43-23-9-3-10-24-43)56-41-57-53(40-52(56)62)63-51-32-18-20-34-59(51)69-60-39-48(68-46-29-15-6-16-30-46)38-58(61(60)63)66(57)44-25-11-4-12-26-44/h2-41H,1H3. The van der Waals surface area contributed by atoms with Gasteiger partial charge in [-0.2, -0.15) is 0 Å². The molecule has 0 aromatic heterocycles. The van der Waals surface area contributed by atoms with E-state index in [4.69, 9.17) is 14.2 Å². The van der Waals surface area contributed by atoms with Gasteiger partial charge in [-0.25, -0.2) is 0 Å². The molecule has 0 spiro atoms. The molecule has 10 aromatic rings. The summed E-state index contributed by atoms with van der Waals surface area (Å²) >= 11 is 0. The Morgan fingerprint density at radius 3 is 1.54 bits per heavy atom. The molecule has 0 fully saturated rings. The molecule has 0 saturated heterocycles. The fourth-order valence-electron chi connectivity index (χ4n) is 10.7. The molecular weight excluding hydrogens is 844 g/mol. The van der Waals surface area contributed by atoms with Crippen molar-refractivity contribution in [2.45, 2.75) is 0 Å². The minimum atomic E-state index is -0.184. The van der Waals surface area contributed by atoms with Gasteiger partial charge >= 0.3 is 0 Å². The van der Waals surface area contributed by atoms with Crippen molar-refractivity contribution in [1.82, 2.24) is 0 Å². The molecule has 3 heterocycles. The molecule has 0 radical (unpaired) electrons. The summed E-state index contributed by atoms with van der Waals surface area (Å²) in [7, 11) is 2.17. The van der Waals surface area contributed by atoms with Crippen molar-refractivity contribution in [3.63, 3.8) is 0 Å². The first-order valence-corrected chi connectivity index (χ1v) is 23.4. The Hall–Kier alpha value is -8.87. The highest BCUT2D eigenvalue weighted by atomic mass is 16.5. The second-order valence-electron chi connectivity index (χ2n) is 17.7. The van der Waals surface area contributed by atoms with Crippen LogP contribution in [0.5, 0.6) is 34.5 Å². The predicted molar refractivity (Wildman–Crippen MR) is 286 cm³/mol. The van der Waals surface area contributed by atoms with Gasteiger partial charge < -0.3 is 28.9 Å². The molecule has 0 amide bonds. The number of fused-ring (bicyclic) bond motifs is 6. The molecule has 3 aliphatic heterocycles.